The summed E-state index contributed by atoms with van der Waals surface area (Å²) in [6.07, 6.45) is 4.91. The summed E-state index contributed by atoms with van der Waals surface area (Å²) in [5, 5.41) is 0. The lowest BCUT2D eigenvalue weighted by molar-refractivity contribution is -0.179. The molecule has 146 valence electrons. The predicted molar refractivity (Wildman–Crippen MR) is 104 cm³/mol. The van der Waals surface area contributed by atoms with Gasteiger partial charge in [-0.2, -0.15) is 0 Å². The van der Waals surface area contributed by atoms with Crippen LogP contribution in [0.25, 0.3) is 0 Å². The fourth-order valence-electron chi connectivity index (χ4n) is 5.97. The lowest BCUT2D eigenvalue weighted by atomic mass is 9.49. The highest BCUT2D eigenvalue weighted by atomic mass is 35.5. The fraction of sp³-hybridized carbons (Fsp3) is 0.636. The standard InChI is InChI=1S/C22H28ClNO3/c1-15(19(25)24(2)13-16-6-4-3-5-7-16)27-20(26)21-9-17-8-18(10-21)12-22(23,11-17)14-21/h3-7,15,17-18H,8-14H2,1-2H3/t15-,17-,18+,21?,22?/m1/s1. The minimum atomic E-state index is -0.773. The zero-order valence-corrected chi connectivity index (χ0v) is 16.9. The molecular formula is C22H28ClNO3. The third-order valence-electron chi connectivity index (χ3n) is 6.69. The van der Waals surface area contributed by atoms with Gasteiger partial charge in [-0.05, 0) is 62.8 Å². The van der Waals surface area contributed by atoms with Crippen LogP contribution in [-0.4, -0.2) is 34.8 Å². The van der Waals surface area contributed by atoms with Gasteiger partial charge >= 0.3 is 5.97 Å². The van der Waals surface area contributed by atoms with E-state index in [0.29, 0.717) is 24.8 Å². The number of nitrogens with zero attached hydrogens (tertiary/aromatic N) is 1. The van der Waals surface area contributed by atoms with Crippen molar-refractivity contribution < 1.29 is 14.3 Å². The lowest BCUT2D eigenvalue weighted by Crippen LogP contribution is -2.57. The zero-order valence-electron chi connectivity index (χ0n) is 16.1. The average molecular weight is 390 g/mol. The molecular weight excluding hydrogens is 362 g/mol. The van der Waals surface area contributed by atoms with Crippen molar-refractivity contribution in [3.63, 3.8) is 0 Å². The van der Waals surface area contributed by atoms with Gasteiger partial charge in [-0.15, -0.1) is 11.6 Å². The summed E-state index contributed by atoms with van der Waals surface area (Å²) in [6.45, 7) is 2.18. The van der Waals surface area contributed by atoms with Crippen LogP contribution in [0.3, 0.4) is 0 Å². The van der Waals surface area contributed by atoms with Crippen LogP contribution in [0.4, 0.5) is 0 Å². The molecule has 0 N–H and O–H groups in total. The van der Waals surface area contributed by atoms with Gasteiger partial charge in [0.1, 0.15) is 0 Å². The van der Waals surface area contributed by atoms with E-state index >= 15 is 0 Å². The maximum absolute atomic E-state index is 13.1. The molecule has 1 aromatic rings. The quantitative estimate of drug-likeness (QED) is 0.561. The van der Waals surface area contributed by atoms with Gasteiger partial charge in [0.2, 0.25) is 0 Å². The fourth-order valence-corrected chi connectivity index (χ4v) is 6.66. The van der Waals surface area contributed by atoms with Crippen molar-refractivity contribution in [3.05, 3.63) is 35.9 Å². The van der Waals surface area contributed by atoms with Crippen molar-refractivity contribution in [3.8, 4) is 0 Å². The Hall–Kier alpha value is -1.55. The number of likely N-dealkylation sites (N-methyl/N-ethyl adjacent to an activating group) is 1. The Morgan fingerprint density at radius 1 is 1.19 bits per heavy atom. The summed E-state index contributed by atoms with van der Waals surface area (Å²) in [7, 11) is 1.75. The van der Waals surface area contributed by atoms with E-state index in [1.165, 1.54) is 6.42 Å². The Bertz CT molecular complexity index is 720. The second kappa shape index (κ2) is 6.80. The molecule has 0 aliphatic heterocycles. The second-order valence-corrected chi connectivity index (χ2v) is 9.92. The van der Waals surface area contributed by atoms with Crippen molar-refractivity contribution >= 4 is 23.5 Å². The molecule has 4 saturated carbocycles. The second-order valence-electron chi connectivity index (χ2n) is 9.12. The van der Waals surface area contributed by atoms with Crippen molar-refractivity contribution in [2.24, 2.45) is 17.3 Å². The van der Waals surface area contributed by atoms with Crippen LogP contribution >= 0.6 is 11.6 Å². The van der Waals surface area contributed by atoms with Crippen LogP contribution in [0, 0.1) is 17.3 Å². The SMILES string of the molecule is C[C@@H](OC(=O)C12C[C@@H]3C[C@@H](CC(Cl)(C3)C1)C2)C(=O)N(C)Cc1ccccc1. The Labute approximate surface area is 166 Å². The van der Waals surface area contributed by atoms with Crippen molar-refractivity contribution in [2.45, 2.75) is 63.0 Å². The van der Waals surface area contributed by atoms with Crippen LogP contribution in [0.1, 0.15) is 51.0 Å². The summed E-state index contributed by atoms with van der Waals surface area (Å²) < 4.78 is 5.71. The number of halogens is 1. The summed E-state index contributed by atoms with van der Waals surface area (Å²) in [6, 6.07) is 9.81. The molecule has 0 aromatic heterocycles. The Balaban J connectivity index is 1.40. The van der Waals surface area contributed by atoms with E-state index in [1.807, 2.05) is 30.3 Å². The predicted octanol–water partition coefficient (Wildman–Crippen LogP) is 4.15. The van der Waals surface area contributed by atoms with Gasteiger partial charge < -0.3 is 9.64 Å². The molecule has 4 aliphatic rings. The minimum Gasteiger partial charge on any atom is -0.452 e. The highest BCUT2D eigenvalue weighted by Crippen LogP contribution is 2.64. The highest BCUT2D eigenvalue weighted by Gasteiger charge is 2.61. The Kier molecular flexibility index (Phi) is 4.74. The van der Waals surface area contributed by atoms with Gasteiger partial charge in [-0.3, -0.25) is 9.59 Å². The van der Waals surface area contributed by atoms with Gasteiger partial charge in [0, 0.05) is 18.5 Å². The molecule has 1 aromatic carbocycles. The number of carbonyl (C=O) groups excluding carboxylic acids is 2. The zero-order chi connectivity index (χ0) is 19.2. The maximum atomic E-state index is 13.1. The number of carbonyl (C=O) groups is 2. The van der Waals surface area contributed by atoms with E-state index in [1.54, 1.807) is 18.9 Å². The summed E-state index contributed by atoms with van der Waals surface area (Å²) in [5.74, 6) is 0.680. The molecule has 4 nitrogen and oxygen atoms in total. The molecule has 4 aliphatic carbocycles. The highest BCUT2D eigenvalue weighted by molar-refractivity contribution is 6.24. The van der Waals surface area contributed by atoms with Gasteiger partial charge in [-0.25, -0.2) is 0 Å². The first-order valence-electron chi connectivity index (χ1n) is 9.98. The van der Waals surface area contributed by atoms with E-state index in [-0.39, 0.29) is 16.8 Å². The molecule has 4 bridgehead atoms. The first-order chi connectivity index (χ1) is 12.8. The number of amides is 1. The summed E-state index contributed by atoms with van der Waals surface area (Å²) in [4.78, 5) is 27.2. The van der Waals surface area contributed by atoms with Crippen molar-refractivity contribution in [1.82, 2.24) is 4.90 Å². The minimum absolute atomic E-state index is 0.169. The largest absolute Gasteiger partial charge is 0.452 e. The number of alkyl halides is 1. The monoisotopic (exact) mass is 389 g/mol. The molecule has 1 amide bonds. The lowest BCUT2D eigenvalue weighted by Gasteiger charge is -2.58. The van der Waals surface area contributed by atoms with Gasteiger partial charge in [0.15, 0.2) is 6.10 Å². The Morgan fingerprint density at radius 2 is 1.81 bits per heavy atom. The van der Waals surface area contributed by atoms with E-state index in [0.717, 1.165) is 31.2 Å². The number of ether oxygens (including phenoxy) is 1. The first-order valence-corrected chi connectivity index (χ1v) is 10.4. The van der Waals surface area contributed by atoms with Gasteiger partial charge in [-0.1, -0.05) is 30.3 Å². The Morgan fingerprint density at radius 3 is 2.41 bits per heavy atom. The molecule has 5 heteroatoms. The molecule has 2 unspecified atom stereocenters. The normalized spacial score (nSPS) is 34.9. The topological polar surface area (TPSA) is 46.6 Å². The van der Waals surface area contributed by atoms with Crippen LogP contribution in [0.15, 0.2) is 30.3 Å². The van der Waals surface area contributed by atoms with Crippen LogP contribution in [0.5, 0.6) is 0 Å². The maximum Gasteiger partial charge on any atom is 0.312 e. The van der Waals surface area contributed by atoms with Gasteiger partial charge in [0.25, 0.3) is 5.91 Å². The van der Waals surface area contributed by atoms with Crippen molar-refractivity contribution in [2.75, 3.05) is 7.05 Å². The van der Waals surface area contributed by atoms with Crippen LogP contribution in [-0.2, 0) is 20.9 Å². The molecule has 0 radical (unpaired) electrons. The molecule has 0 heterocycles. The molecule has 5 rings (SSSR count). The number of hydrogen-bond donors (Lipinski definition) is 0. The van der Waals surface area contributed by atoms with E-state index in [4.69, 9.17) is 16.3 Å². The van der Waals surface area contributed by atoms with E-state index in [2.05, 4.69) is 0 Å². The molecule has 0 saturated heterocycles. The summed E-state index contributed by atoms with van der Waals surface area (Å²) >= 11 is 6.82. The average Bonchev–Trinajstić information content (AvgIpc) is 2.59. The summed E-state index contributed by atoms with van der Waals surface area (Å²) in [5.41, 5.74) is 0.579. The number of rotatable bonds is 5. The smallest absolute Gasteiger partial charge is 0.312 e. The van der Waals surface area contributed by atoms with Gasteiger partial charge in [0.05, 0.1) is 5.41 Å². The van der Waals surface area contributed by atoms with E-state index < -0.39 is 11.5 Å². The molecule has 5 atom stereocenters. The third-order valence-corrected chi connectivity index (χ3v) is 7.14. The van der Waals surface area contributed by atoms with Crippen LogP contribution < -0.4 is 0 Å². The van der Waals surface area contributed by atoms with E-state index in [9.17, 15) is 9.59 Å². The molecule has 0 spiro atoms. The molecule has 4 fully saturated rings. The number of benzene rings is 1. The first kappa shape index (κ1) is 18.8. The molecule has 27 heavy (non-hydrogen) atoms. The number of esters is 1. The number of hydrogen-bond acceptors (Lipinski definition) is 3. The third kappa shape index (κ3) is 3.61. The van der Waals surface area contributed by atoms with Crippen LogP contribution in [0.2, 0.25) is 0 Å². The van der Waals surface area contributed by atoms with Crippen molar-refractivity contribution in [1.29, 1.82) is 0 Å².